The molecule has 1 fully saturated rings. The van der Waals surface area contributed by atoms with E-state index in [-0.39, 0.29) is 5.41 Å². The van der Waals surface area contributed by atoms with Crippen LogP contribution in [0, 0.1) is 5.41 Å². The van der Waals surface area contributed by atoms with Crippen molar-refractivity contribution in [3.8, 4) is 0 Å². The molecule has 1 aliphatic heterocycles. The highest BCUT2D eigenvalue weighted by Crippen LogP contribution is 2.23. The highest BCUT2D eigenvalue weighted by molar-refractivity contribution is 4.75. The zero-order valence-electron chi connectivity index (χ0n) is 11.2. The van der Waals surface area contributed by atoms with Crippen LogP contribution in [0.2, 0.25) is 0 Å². The van der Waals surface area contributed by atoms with Gasteiger partial charge in [-0.05, 0) is 45.1 Å². The molecule has 96 valence electrons. The van der Waals surface area contributed by atoms with Crippen LogP contribution in [0.5, 0.6) is 0 Å². The van der Waals surface area contributed by atoms with Crippen molar-refractivity contribution in [1.82, 2.24) is 0 Å². The van der Waals surface area contributed by atoms with Crippen LogP contribution < -0.4 is 5.73 Å². The van der Waals surface area contributed by atoms with Crippen LogP contribution in [-0.2, 0) is 9.47 Å². The van der Waals surface area contributed by atoms with Gasteiger partial charge in [0.05, 0.1) is 18.3 Å². The maximum atomic E-state index is 5.93. The number of rotatable bonds is 5. The molecule has 0 spiro atoms. The second-order valence-corrected chi connectivity index (χ2v) is 5.84. The van der Waals surface area contributed by atoms with Crippen molar-refractivity contribution in [3.63, 3.8) is 0 Å². The van der Waals surface area contributed by atoms with Crippen LogP contribution in [0.25, 0.3) is 0 Å². The van der Waals surface area contributed by atoms with Crippen LogP contribution in [0.15, 0.2) is 0 Å². The van der Waals surface area contributed by atoms with Gasteiger partial charge in [-0.15, -0.1) is 0 Å². The molecule has 1 rings (SSSR count). The summed E-state index contributed by atoms with van der Waals surface area (Å²) in [5.41, 5.74) is 5.89. The predicted octanol–water partition coefficient (Wildman–Crippen LogP) is 2.33. The van der Waals surface area contributed by atoms with Crippen molar-refractivity contribution in [1.29, 1.82) is 0 Å². The molecule has 0 amide bonds. The second-order valence-electron chi connectivity index (χ2n) is 5.84. The summed E-state index contributed by atoms with van der Waals surface area (Å²) >= 11 is 0. The van der Waals surface area contributed by atoms with E-state index in [9.17, 15) is 0 Å². The van der Waals surface area contributed by atoms with Crippen LogP contribution in [-0.4, -0.2) is 31.5 Å². The number of nitrogens with two attached hydrogens (primary N) is 1. The zero-order chi connectivity index (χ0) is 12.2. The first-order valence-corrected chi connectivity index (χ1v) is 6.40. The van der Waals surface area contributed by atoms with Gasteiger partial charge in [-0.3, -0.25) is 0 Å². The molecule has 0 saturated carbocycles. The Morgan fingerprint density at radius 1 is 1.25 bits per heavy atom. The Morgan fingerprint density at radius 3 is 2.31 bits per heavy atom. The summed E-state index contributed by atoms with van der Waals surface area (Å²) in [7, 11) is 0. The third-order valence-corrected chi connectivity index (χ3v) is 3.34. The molecule has 3 heteroatoms. The Balaban J connectivity index is 2.22. The van der Waals surface area contributed by atoms with Gasteiger partial charge >= 0.3 is 0 Å². The fourth-order valence-corrected chi connectivity index (χ4v) is 2.08. The number of hydrogen-bond donors (Lipinski definition) is 1. The van der Waals surface area contributed by atoms with E-state index in [1.54, 1.807) is 0 Å². The average Bonchev–Trinajstić information content (AvgIpc) is 2.16. The Hall–Kier alpha value is -0.120. The molecule has 2 atom stereocenters. The highest BCUT2D eigenvalue weighted by atomic mass is 16.5. The largest absolute Gasteiger partial charge is 0.378 e. The van der Waals surface area contributed by atoms with Crippen LogP contribution >= 0.6 is 0 Å². The van der Waals surface area contributed by atoms with Gasteiger partial charge < -0.3 is 15.2 Å². The number of ether oxygens (including phenoxy) is 2. The van der Waals surface area contributed by atoms with Gasteiger partial charge in [0.25, 0.3) is 0 Å². The summed E-state index contributed by atoms with van der Waals surface area (Å²) in [5.74, 6) is 0. The number of hydrogen-bond acceptors (Lipinski definition) is 3. The molecule has 1 aliphatic rings. The molecular weight excluding hydrogens is 202 g/mol. The van der Waals surface area contributed by atoms with Crippen molar-refractivity contribution in [2.24, 2.45) is 11.1 Å². The average molecular weight is 229 g/mol. The molecule has 0 radical (unpaired) electrons. The normalized spacial score (nSPS) is 31.7. The van der Waals surface area contributed by atoms with Gasteiger partial charge in [0.2, 0.25) is 0 Å². The third-order valence-electron chi connectivity index (χ3n) is 3.34. The lowest BCUT2D eigenvalue weighted by Gasteiger charge is -2.32. The van der Waals surface area contributed by atoms with Gasteiger partial charge in [-0.25, -0.2) is 0 Å². The van der Waals surface area contributed by atoms with E-state index in [1.165, 1.54) is 0 Å². The van der Waals surface area contributed by atoms with Crippen LogP contribution in [0.4, 0.5) is 0 Å². The first-order valence-electron chi connectivity index (χ1n) is 6.40. The fourth-order valence-electron chi connectivity index (χ4n) is 2.08. The van der Waals surface area contributed by atoms with Crippen molar-refractivity contribution >= 4 is 0 Å². The third kappa shape index (κ3) is 4.81. The molecule has 0 aromatic carbocycles. The van der Waals surface area contributed by atoms with Crippen LogP contribution in [0.1, 0.15) is 47.0 Å². The lowest BCUT2D eigenvalue weighted by atomic mass is 9.90. The molecule has 0 aromatic rings. The molecule has 2 N–H and O–H groups in total. The van der Waals surface area contributed by atoms with E-state index in [2.05, 4.69) is 27.7 Å². The van der Waals surface area contributed by atoms with Crippen molar-refractivity contribution in [3.05, 3.63) is 0 Å². The Bertz CT molecular complexity index is 196. The van der Waals surface area contributed by atoms with Gasteiger partial charge in [0, 0.05) is 6.61 Å². The Morgan fingerprint density at radius 2 is 1.81 bits per heavy atom. The molecule has 3 nitrogen and oxygen atoms in total. The standard InChI is InChI=1S/C13H27NO2/c1-10-7-12(8-11(2)16-10)15-6-5-13(3,4)9-14/h10-12H,5-9,14H2,1-4H3. The minimum atomic E-state index is 0.197. The van der Waals surface area contributed by atoms with Gasteiger partial charge in [0.1, 0.15) is 0 Å². The van der Waals surface area contributed by atoms with Crippen LogP contribution in [0.3, 0.4) is 0 Å². The maximum absolute atomic E-state index is 5.93. The van der Waals surface area contributed by atoms with Gasteiger partial charge in [0.15, 0.2) is 0 Å². The predicted molar refractivity (Wildman–Crippen MR) is 66.4 cm³/mol. The highest BCUT2D eigenvalue weighted by Gasteiger charge is 2.25. The smallest absolute Gasteiger partial charge is 0.0624 e. The van der Waals surface area contributed by atoms with E-state index < -0.39 is 0 Å². The minimum absolute atomic E-state index is 0.197. The lowest BCUT2D eigenvalue weighted by molar-refractivity contribution is -0.104. The Labute approximate surface area is 99.7 Å². The van der Waals surface area contributed by atoms with E-state index in [4.69, 9.17) is 15.2 Å². The van der Waals surface area contributed by atoms with Gasteiger partial charge in [-0.2, -0.15) is 0 Å². The minimum Gasteiger partial charge on any atom is -0.378 e. The quantitative estimate of drug-likeness (QED) is 0.787. The van der Waals surface area contributed by atoms with E-state index in [0.29, 0.717) is 18.3 Å². The Kier molecular flexibility index (Phi) is 5.22. The molecule has 16 heavy (non-hydrogen) atoms. The molecule has 0 aromatic heterocycles. The van der Waals surface area contributed by atoms with Crippen molar-refractivity contribution in [2.75, 3.05) is 13.2 Å². The summed E-state index contributed by atoms with van der Waals surface area (Å²) in [6.45, 7) is 10.1. The van der Waals surface area contributed by atoms with Crippen molar-refractivity contribution in [2.45, 2.75) is 65.3 Å². The molecule has 0 aliphatic carbocycles. The first kappa shape index (κ1) is 13.9. The first-order chi connectivity index (χ1) is 7.43. The summed E-state index contributed by atoms with van der Waals surface area (Å²) in [6, 6.07) is 0. The topological polar surface area (TPSA) is 44.5 Å². The molecule has 1 heterocycles. The molecule has 2 unspecified atom stereocenters. The lowest BCUT2D eigenvalue weighted by Crippen LogP contribution is -2.35. The van der Waals surface area contributed by atoms with E-state index in [1.807, 2.05) is 0 Å². The summed E-state index contributed by atoms with van der Waals surface area (Å²) < 4.78 is 11.6. The summed E-state index contributed by atoms with van der Waals surface area (Å²) in [5, 5.41) is 0. The SMILES string of the molecule is CC1CC(OCCC(C)(C)CN)CC(C)O1. The van der Waals surface area contributed by atoms with Gasteiger partial charge in [-0.1, -0.05) is 13.8 Å². The summed E-state index contributed by atoms with van der Waals surface area (Å²) in [4.78, 5) is 0. The molecular formula is C13H27NO2. The fraction of sp³-hybridized carbons (Fsp3) is 1.00. The summed E-state index contributed by atoms with van der Waals surface area (Å²) in [6.07, 6.45) is 4.10. The zero-order valence-corrected chi connectivity index (χ0v) is 11.2. The second kappa shape index (κ2) is 5.99. The van der Waals surface area contributed by atoms with E-state index >= 15 is 0 Å². The monoisotopic (exact) mass is 229 g/mol. The molecule has 0 bridgehead atoms. The maximum Gasteiger partial charge on any atom is 0.0624 e. The molecule has 1 saturated heterocycles. The van der Waals surface area contributed by atoms with E-state index in [0.717, 1.165) is 32.4 Å². The van der Waals surface area contributed by atoms with Crippen molar-refractivity contribution < 1.29 is 9.47 Å².